The van der Waals surface area contributed by atoms with Crippen molar-refractivity contribution < 1.29 is 0 Å². The molecule has 114 valence electrons. The number of nitrogens with zero attached hydrogens (tertiary/aromatic N) is 2. The first-order valence-electron chi connectivity index (χ1n) is 7.15. The molecule has 19 heavy (non-hydrogen) atoms. The lowest BCUT2D eigenvalue weighted by Crippen LogP contribution is -2.44. The van der Waals surface area contributed by atoms with E-state index >= 15 is 0 Å². The second-order valence-electron chi connectivity index (χ2n) is 6.37. The molecule has 0 amide bonds. The van der Waals surface area contributed by atoms with E-state index in [1.165, 1.54) is 5.70 Å². The van der Waals surface area contributed by atoms with E-state index in [1.54, 1.807) is 0 Å². The van der Waals surface area contributed by atoms with E-state index in [0.29, 0.717) is 30.2 Å². The maximum Gasteiger partial charge on any atom is 0.0895 e. The van der Waals surface area contributed by atoms with Gasteiger partial charge in [0.1, 0.15) is 0 Å². The van der Waals surface area contributed by atoms with Crippen molar-refractivity contribution in [2.75, 3.05) is 0 Å². The fraction of sp³-hybridized carbons (Fsp3) is 0.867. The van der Waals surface area contributed by atoms with Crippen LogP contribution in [0.4, 0.5) is 0 Å². The summed E-state index contributed by atoms with van der Waals surface area (Å²) in [5, 5.41) is 1.04. The van der Waals surface area contributed by atoms with Gasteiger partial charge in [-0.2, -0.15) is 0 Å². The number of hydrogen-bond donors (Lipinski definition) is 0. The predicted octanol–water partition coefficient (Wildman–Crippen LogP) is 4.48. The zero-order valence-corrected chi connectivity index (χ0v) is 15.1. The first kappa shape index (κ1) is 19.1. The van der Waals surface area contributed by atoms with E-state index in [4.69, 9.17) is 11.6 Å². The predicted molar refractivity (Wildman–Crippen MR) is 88.1 cm³/mol. The fourth-order valence-electron chi connectivity index (χ4n) is 3.06. The van der Waals surface area contributed by atoms with E-state index in [2.05, 4.69) is 65.2 Å². The summed E-state index contributed by atoms with van der Waals surface area (Å²) in [6.45, 7) is 17.9. The SMILES string of the molecule is CC(C)N(C1=C(Cl)C1N(C(C)C)C(C)C)C(C)C.Cl. The summed E-state index contributed by atoms with van der Waals surface area (Å²) in [5.74, 6) is 0. The molecule has 0 N–H and O–H groups in total. The fourth-order valence-corrected chi connectivity index (χ4v) is 3.42. The van der Waals surface area contributed by atoms with Crippen LogP contribution in [0.2, 0.25) is 0 Å². The quantitative estimate of drug-likeness (QED) is 0.714. The van der Waals surface area contributed by atoms with Crippen LogP contribution in [-0.2, 0) is 0 Å². The Morgan fingerprint density at radius 3 is 1.42 bits per heavy atom. The van der Waals surface area contributed by atoms with Crippen molar-refractivity contribution in [1.29, 1.82) is 0 Å². The molecule has 1 unspecified atom stereocenters. The lowest BCUT2D eigenvalue weighted by molar-refractivity contribution is 0.145. The minimum atomic E-state index is 0. The first-order chi connectivity index (χ1) is 8.20. The van der Waals surface area contributed by atoms with Gasteiger partial charge in [-0.1, -0.05) is 11.6 Å². The van der Waals surface area contributed by atoms with Gasteiger partial charge in [-0.25, -0.2) is 0 Å². The van der Waals surface area contributed by atoms with Gasteiger partial charge in [0.05, 0.1) is 16.8 Å². The maximum atomic E-state index is 6.48. The van der Waals surface area contributed by atoms with Gasteiger partial charge in [0, 0.05) is 24.2 Å². The Hall–Kier alpha value is 0.0800. The lowest BCUT2D eigenvalue weighted by atomic mass is 10.2. The summed E-state index contributed by atoms with van der Waals surface area (Å²) < 4.78 is 0. The van der Waals surface area contributed by atoms with Crippen molar-refractivity contribution in [1.82, 2.24) is 9.80 Å². The van der Waals surface area contributed by atoms with Crippen LogP contribution < -0.4 is 0 Å². The maximum absolute atomic E-state index is 6.48. The molecule has 0 spiro atoms. The monoisotopic (exact) mass is 308 g/mol. The summed E-state index contributed by atoms with van der Waals surface area (Å²) in [4.78, 5) is 4.94. The molecule has 0 aliphatic heterocycles. The first-order valence-corrected chi connectivity index (χ1v) is 7.53. The second-order valence-corrected chi connectivity index (χ2v) is 6.77. The molecule has 0 saturated heterocycles. The number of hydrogen-bond acceptors (Lipinski definition) is 2. The highest BCUT2D eigenvalue weighted by molar-refractivity contribution is 6.34. The zero-order chi connectivity index (χ0) is 14.2. The van der Waals surface area contributed by atoms with Crippen molar-refractivity contribution in [3.63, 3.8) is 0 Å². The molecular formula is C15H30Cl2N2. The third-order valence-corrected chi connectivity index (χ3v) is 3.94. The van der Waals surface area contributed by atoms with Crippen LogP contribution in [0.3, 0.4) is 0 Å². The van der Waals surface area contributed by atoms with Crippen molar-refractivity contribution in [2.24, 2.45) is 0 Å². The normalized spacial score (nSPS) is 18.9. The third kappa shape index (κ3) is 4.03. The second kappa shape index (κ2) is 7.19. The Morgan fingerprint density at radius 1 is 0.789 bits per heavy atom. The molecule has 0 aromatic carbocycles. The average Bonchev–Trinajstić information content (AvgIpc) is 2.76. The lowest BCUT2D eigenvalue weighted by Gasteiger charge is -2.36. The van der Waals surface area contributed by atoms with Crippen LogP contribution in [-0.4, -0.2) is 40.0 Å². The van der Waals surface area contributed by atoms with Gasteiger partial charge in [-0.3, -0.25) is 4.90 Å². The largest absolute Gasteiger partial charge is 0.367 e. The minimum absolute atomic E-state index is 0. The summed E-state index contributed by atoms with van der Waals surface area (Å²) in [5.41, 5.74) is 1.34. The molecule has 0 radical (unpaired) electrons. The van der Waals surface area contributed by atoms with Crippen molar-refractivity contribution in [3.8, 4) is 0 Å². The van der Waals surface area contributed by atoms with E-state index in [-0.39, 0.29) is 12.4 Å². The van der Waals surface area contributed by atoms with Gasteiger partial charge < -0.3 is 4.90 Å². The summed E-state index contributed by atoms with van der Waals surface area (Å²) in [7, 11) is 0. The van der Waals surface area contributed by atoms with Crippen LogP contribution >= 0.6 is 24.0 Å². The highest BCUT2D eigenvalue weighted by Gasteiger charge is 2.46. The van der Waals surface area contributed by atoms with E-state index < -0.39 is 0 Å². The Kier molecular flexibility index (Phi) is 7.22. The number of rotatable bonds is 6. The molecule has 1 aliphatic rings. The highest BCUT2D eigenvalue weighted by Crippen LogP contribution is 2.45. The van der Waals surface area contributed by atoms with Gasteiger partial charge in [-0.05, 0) is 55.4 Å². The molecule has 0 saturated carbocycles. The summed E-state index contributed by atoms with van der Waals surface area (Å²) in [6, 6.07) is 2.38. The zero-order valence-electron chi connectivity index (χ0n) is 13.6. The molecule has 0 aromatic rings. The van der Waals surface area contributed by atoms with Gasteiger partial charge >= 0.3 is 0 Å². The molecule has 0 fully saturated rings. The summed E-state index contributed by atoms with van der Waals surface area (Å²) >= 11 is 6.48. The van der Waals surface area contributed by atoms with Gasteiger partial charge in [0.2, 0.25) is 0 Å². The minimum Gasteiger partial charge on any atom is -0.367 e. The molecular weight excluding hydrogens is 279 g/mol. The Balaban J connectivity index is 0.00000324. The van der Waals surface area contributed by atoms with Crippen molar-refractivity contribution in [2.45, 2.75) is 85.6 Å². The molecule has 2 nitrogen and oxygen atoms in total. The Morgan fingerprint density at radius 2 is 1.16 bits per heavy atom. The standard InChI is InChI=1S/C15H29ClN2.ClH/c1-9(2)17(10(3)4)14-13(16)15(14)18(11(5)6)12(7)8;/h9-12,14H,1-8H3;1H. The molecule has 0 bridgehead atoms. The van der Waals surface area contributed by atoms with Crippen molar-refractivity contribution in [3.05, 3.63) is 10.7 Å². The van der Waals surface area contributed by atoms with Crippen LogP contribution in [0, 0.1) is 0 Å². The van der Waals surface area contributed by atoms with Gasteiger partial charge in [0.25, 0.3) is 0 Å². The van der Waals surface area contributed by atoms with Crippen LogP contribution in [0.1, 0.15) is 55.4 Å². The van der Waals surface area contributed by atoms with E-state index in [0.717, 1.165) is 5.03 Å². The van der Waals surface area contributed by atoms with E-state index in [9.17, 15) is 0 Å². The Bertz CT molecular complexity index is 306. The molecule has 1 rings (SSSR count). The van der Waals surface area contributed by atoms with Crippen LogP contribution in [0.5, 0.6) is 0 Å². The molecule has 1 atom stereocenters. The van der Waals surface area contributed by atoms with Crippen LogP contribution in [0.25, 0.3) is 0 Å². The third-order valence-electron chi connectivity index (χ3n) is 3.54. The average molecular weight is 309 g/mol. The summed E-state index contributed by atoms with van der Waals surface area (Å²) in [6.07, 6.45) is 0. The topological polar surface area (TPSA) is 6.48 Å². The smallest absolute Gasteiger partial charge is 0.0895 e. The molecule has 0 heterocycles. The highest BCUT2D eigenvalue weighted by atomic mass is 35.5. The van der Waals surface area contributed by atoms with Crippen molar-refractivity contribution >= 4 is 24.0 Å². The molecule has 0 aromatic heterocycles. The Labute approximate surface area is 130 Å². The van der Waals surface area contributed by atoms with Gasteiger partial charge in [-0.15, -0.1) is 12.4 Å². The molecule has 1 aliphatic carbocycles. The van der Waals surface area contributed by atoms with Crippen LogP contribution in [0.15, 0.2) is 10.7 Å². The molecule has 4 heteroatoms. The van der Waals surface area contributed by atoms with E-state index in [1.807, 2.05) is 0 Å². The number of halogens is 2. The van der Waals surface area contributed by atoms with Gasteiger partial charge in [0.15, 0.2) is 0 Å².